The molecule has 0 amide bonds. The number of aliphatic hydroxyl groups is 1. The zero-order chi connectivity index (χ0) is 20.1. The van der Waals surface area contributed by atoms with Crippen molar-refractivity contribution in [1.29, 1.82) is 0 Å². The molecule has 3 aromatic heterocycles. The molecule has 1 aromatic carbocycles. The van der Waals surface area contributed by atoms with Crippen molar-refractivity contribution < 1.29 is 9.90 Å². The molecule has 0 aliphatic heterocycles. The van der Waals surface area contributed by atoms with Gasteiger partial charge in [0.05, 0.1) is 11.0 Å². The number of nitrogen functional groups attached to an aromatic ring is 1. The highest BCUT2D eigenvalue weighted by Crippen LogP contribution is 2.32. The third-order valence-electron chi connectivity index (χ3n) is 4.74. The van der Waals surface area contributed by atoms with Crippen molar-refractivity contribution >= 4 is 33.7 Å². The first-order valence-corrected chi connectivity index (χ1v) is 9.09. The van der Waals surface area contributed by atoms with E-state index in [1.165, 1.54) is 18.4 Å². The van der Waals surface area contributed by atoms with Crippen LogP contribution in [0.3, 0.4) is 0 Å². The Bertz CT molecular complexity index is 1210. The molecule has 3 heterocycles. The normalized spacial score (nSPS) is 12.0. The molecular weight excluding hydrogens is 354 g/mol. The summed E-state index contributed by atoms with van der Waals surface area (Å²) >= 11 is 0. The van der Waals surface area contributed by atoms with Crippen LogP contribution in [-0.4, -0.2) is 36.1 Å². The molecule has 4 aromatic rings. The zero-order valence-electron chi connectivity index (χ0n) is 16.0. The molecule has 0 aliphatic carbocycles. The highest BCUT2D eigenvalue weighted by Gasteiger charge is 2.30. The van der Waals surface area contributed by atoms with Gasteiger partial charge in [-0.25, -0.2) is 9.97 Å². The second-order valence-electron chi connectivity index (χ2n) is 7.24. The summed E-state index contributed by atoms with van der Waals surface area (Å²) in [5.41, 5.74) is 8.33. The number of hydrogen-bond donors (Lipinski definition) is 2. The number of benzene rings is 1. The number of imidazole rings is 1. The number of nitrogens with two attached hydrogens (primary N) is 1. The van der Waals surface area contributed by atoms with Gasteiger partial charge in [-0.2, -0.15) is 0 Å². The van der Waals surface area contributed by atoms with Gasteiger partial charge in [0.15, 0.2) is 5.82 Å². The number of fused-ring (bicyclic) bond motifs is 3. The number of carbonyl (C=O) groups is 1. The van der Waals surface area contributed by atoms with E-state index in [0.717, 1.165) is 16.5 Å². The summed E-state index contributed by atoms with van der Waals surface area (Å²) in [5, 5.41) is 11.1. The van der Waals surface area contributed by atoms with Gasteiger partial charge in [-0.05, 0) is 49.2 Å². The second kappa shape index (κ2) is 6.38. The Hall–Kier alpha value is -3.32. The van der Waals surface area contributed by atoms with Crippen LogP contribution in [0.15, 0.2) is 42.7 Å². The first-order valence-electron chi connectivity index (χ1n) is 9.09. The van der Waals surface area contributed by atoms with Crippen molar-refractivity contribution in [1.82, 2.24) is 19.5 Å². The van der Waals surface area contributed by atoms with Crippen LogP contribution in [0, 0.1) is 0 Å². The number of pyridine rings is 2. The van der Waals surface area contributed by atoms with Crippen molar-refractivity contribution in [2.75, 3.05) is 5.73 Å². The van der Waals surface area contributed by atoms with Gasteiger partial charge in [-0.3, -0.25) is 14.3 Å². The fourth-order valence-electron chi connectivity index (χ4n) is 3.35. The van der Waals surface area contributed by atoms with Crippen molar-refractivity contribution in [3.8, 4) is 11.1 Å². The lowest BCUT2D eigenvalue weighted by molar-refractivity contribution is 0.0394. The maximum Gasteiger partial charge on any atom is 0.263 e. The molecule has 0 unspecified atom stereocenters. The molecule has 7 nitrogen and oxygen atoms in total. The minimum absolute atomic E-state index is 0.256. The summed E-state index contributed by atoms with van der Waals surface area (Å²) in [5.74, 6) is 0.352. The van der Waals surface area contributed by atoms with Crippen molar-refractivity contribution in [3.63, 3.8) is 0 Å². The summed E-state index contributed by atoms with van der Waals surface area (Å²) in [6, 6.07) is 9.64. The van der Waals surface area contributed by atoms with E-state index in [4.69, 9.17) is 5.73 Å². The standard InChI is InChI=1S/C21H21N5O2/c1-4-16-25-17-18(26(16)20(27)21(2,3)28)14-6-5-13(11-15(14)24-19(17)22)12-7-9-23-10-8-12/h5-11,28H,4H2,1-3H3,(H2,22,24). The van der Waals surface area contributed by atoms with Crippen LogP contribution >= 0.6 is 0 Å². The lowest BCUT2D eigenvalue weighted by atomic mass is 10.0. The van der Waals surface area contributed by atoms with Gasteiger partial charge >= 0.3 is 0 Å². The monoisotopic (exact) mass is 375 g/mol. The Morgan fingerprint density at radius 1 is 1.14 bits per heavy atom. The Labute approximate surface area is 161 Å². The van der Waals surface area contributed by atoms with Crippen LogP contribution in [0.4, 0.5) is 5.82 Å². The second-order valence-corrected chi connectivity index (χ2v) is 7.24. The Balaban J connectivity index is 2.06. The van der Waals surface area contributed by atoms with Crippen LogP contribution in [0.25, 0.3) is 33.1 Å². The first-order chi connectivity index (χ1) is 13.3. The molecule has 28 heavy (non-hydrogen) atoms. The van der Waals surface area contributed by atoms with Crippen LogP contribution in [0.5, 0.6) is 0 Å². The molecule has 0 bridgehead atoms. The minimum atomic E-state index is -1.54. The number of rotatable bonds is 3. The predicted octanol–water partition coefficient (Wildman–Crippen LogP) is 3.20. The van der Waals surface area contributed by atoms with Crippen molar-refractivity contribution in [2.24, 2.45) is 0 Å². The number of anilines is 1. The lowest BCUT2D eigenvalue weighted by Crippen LogP contribution is -2.36. The van der Waals surface area contributed by atoms with Crippen molar-refractivity contribution in [2.45, 2.75) is 32.8 Å². The maximum atomic E-state index is 13.0. The van der Waals surface area contributed by atoms with E-state index < -0.39 is 11.5 Å². The quantitative estimate of drug-likeness (QED) is 0.569. The zero-order valence-corrected chi connectivity index (χ0v) is 16.0. The Morgan fingerprint density at radius 3 is 2.50 bits per heavy atom. The number of aromatic nitrogens is 4. The predicted molar refractivity (Wildman–Crippen MR) is 109 cm³/mol. The lowest BCUT2D eigenvalue weighted by Gasteiger charge is -2.18. The number of carbonyl (C=O) groups excluding carboxylic acids is 1. The molecule has 0 fully saturated rings. The molecule has 0 aliphatic rings. The number of hydrogen-bond acceptors (Lipinski definition) is 6. The third kappa shape index (κ3) is 2.80. The molecule has 7 heteroatoms. The Kier molecular flexibility index (Phi) is 4.12. The summed E-state index contributed by atoms with van der Waals surface area (Å²) in [6.07, 6.45) is 3.98. The average Bonchev–Trinajstić information content (AvgIpc) is 3.07. The van der Waals surface area contributed by atoms with Crippen LogP contribution in [0.2, 0.25) is 0 Å². The fraction of sp³-hybridized carbons (Fsp3) is 0.238. The van der Waals surface area contributed by atoms with Crippen LogP contribution in [0.1, 0.15) is 31.4 Å². The van der Waals surface area contributed by atoms with E-state index in [9.17, 15) is 9.90 Å². The van der Waals surface area contributed by atoms with Gasteiger partial charge in [0.1, 0.15) is 16.9 Å². The first kappa shape index (κ1) is 18.1. The molecule has 0 spiro atoms. The van der Waals surface area contributed by atoms with Gasteiger partial charge in [0.25, 0.3) is 5.91 Å². The molecule has 0 saturated heterocycles. The minimum Gasteiger partial charge on any atom is -0.382 e. The fourth-order valence-corrected chi connectivity index (χ4v) is 3.35. The van der Waals surface area contributed by atoms with E-state index in [2.05, 4.69) is 15.0 Å². The van der Waals surface area contributed by atoms with Crippen molar-refractivity contribution in [3.05, 3.63) is 48.5 Å². The molecule has 4 rings (SSSR count). The van der Waals surface area contributed by atoms with Crippen LogP contribution < -0.4 is 5.73 Å². The molecule has 0 saturated carbocycles. The molecule has 0 atom stereocenters. The molecule has 142 valence electrons. The number of nitrogens with zero attached hydrogens (tertiary/aromatic N) is 4. The van der Waals surface area contributed by atoms with E-state index in [1.807, 2.05) is 37.3 Å². The van der Waals surface area contributed by atoms with E-state index in [-0.39, 0.29) is 5.82 Å². The van der Waals surface area contributed by atoms with Crippen LogP contribution in [-0.2, 0) is 6.42 Å². The maximum absolute atomic E-state index is 13.0. The van der Waals surface area contributed by atoms with Gasteiger partial charge < -0.3 is 10.8 Å². The Morgan fingerprint density at radius 2 is 1.86 bits per heavy atom. The highest BCUT2D eigenvalue weighted by atomic mass is 16.3. The summed E-state index contributed by atoms with van der Waals surface area (Å²) < 4.78 is 1.47. The average molecular weight is 375 g/mol. The summed E-state index contributed by atoms with van der Waals surface area (Å²) in [7, 11) is 0. The van der Waals surface area contributed by atoms with E-state index >= 15 is 0 Å². The van der Waals surface area contributed by atoms with Gasteiger partial charge in [0, 0.05) is 24.2 Å². The van der Waals surface area contributed by atoms with Gasteiger partial charge in [0.2, 0.25) is 0 Å². The van der Waals surface area contributed by atoms with E-state index in [1.54, 1.807) is 12.4 Å². The largest absolute Gasteiger partial charge is 0.382 e. The van der Waals surface area contributed by atoms with Gasteiger partial charge in [-0.15, -0.1) is 0 Å². The number of aryl methyl sites for hydroxylation is 1. The molecule has 0 radical (unpaired) electrons. The smallest absolute Gasteiger partial charge is 0.263 e. The summed E-state index contributed by atoms with van der Waals surface area (Å²) in [4.78, 5) is 26.1. The highest BCUT2D eigenvalue weighted by molar-refractivity contribution is 6.11. The molecular formula is C21H21N5O2. The van der Waals surface area contributed by atoms with E-state index in [0.29, 0.717) is 28.8 Å². The SMILES string of the molecule is CCc1nc2c(N)nc3cc(-c4ccncc4)ccc3c2n1C(=O)C(C)(C)O. The van der Waals surface area contributed by atoms with Gasteiger partial charge in [-0.1, -0.05) is 13.0 Å². The summed E-state index contributed by atoms with van der Waals surface area (Å²) in [6.45, 7) is 4.84. The third-order valence-corrected chi connectivity index (χ3v) is 4.74. The topological polar surface area (TPSA) is 107 Å². The molecule has 3 N–H and O–H groups in total.